The molecule has 6 rings (SSSR count). The molecule has 1 aliphatic carbocycles. The number of rotatable bonds is 8. The van der Waals surface area contributed by atoms with Crippen LogP contribution >= 0.6 is 0 Å². The van der Waals surface area contributed by atoms with Crippen LogP contribution in [0.25, 0.3) is 10.9 Å². The standard InChI is InChI=1S/C28H24F3NO8/c1-26(2,24(34)35)22-8-15-7-14(18(29)11-19(15)32(22)12-17-13-37-25(36)38-17)9-23(33)27(5-6-27)16-3-4-20-21(10-16)40-28(30,31)39-20/h3-4,7-8,10-11,17H,5-6,9,12-13H2,1-2H3,(H,34,35)/t17-/m1/s1. The van der Waals surface area contributed by atoms with Crippen LogP contribution in [0.15, 0.2) is 36.4 Å². The van der Waals surface area contributed by atoms with E-state index in [-0.39, 0.29) is 42.4 Å². The quantitative estimate of drug-likeness (QED) is 0.390. The molecule has 1 saturated heterocycles. The average molecular weight is 559 g/mol. The Hall–Kier alpha value is -4.22. The minimum atomic E-state index is -3.78. The Morgan fingerprint density at radius 1 is 1.10 bits per heavy atom. The van der Waals surface area contributed by atoms with Crippen molar-refractivity contribution in [2.75, 3.05) is 6.61 Å². The van der Waals surface area contributed by atoms with Gasteiger partial charge in [0.15, 0.2) is 17.6 Å². The van der Waals surface area contributed by atoms with E-state index in [9.17, 15) is 28.3 Å². The number of carbonyl (C=O) groups excluding carboxylic acids is 2. The largest absolute Gasteiger partial charge is 0.586 e. The van der Waals surface area contributed by atoms with E-state index in [0.717, 1.165) is 0 Å². The Balaban J connectivity index is 1.32. The van der Waals surface area contributed by atoms with Gasteiger partial charge in [-0.2, -0.15) is 0 Å². The molecular formula is C28H24F3NO8. The summed E-state index contributed by atoms with van der Waals surface area (Å²) in [4.78, 5) is 37.0. The number of aliphatic carboxylic acids is 1. The number of carbonyl (C=O) groups is 3. The van der Waals surface area contributed by atoms with Gasteiger partial charge in [-0.05, 0) is 68.1 Å². The van der Waals surface area contributed by atoms with Crippen molar-refractivity contribution in [2.45, 2.75) is 62.9 Å². The van der Waals surface area contributed by atoms with Crippen LogP contribution in [-0.2, 0) is 42.9 Å². The first-order valence-corrected chi connectivity index (χ1v) is 12.6. The van der Waals surface area contributed by atoms with Crippen LogP contribution in [0.2, 0.25) is 0 Å². The summed E-state index contributed by atoms with van der Waals surface area (Å²) >= 11 is 0. The van der Waals surface area contributed by atoms with E-state index in [4.69, 9.17) is 9.47 Å². The zero-order valence-electron chi connectivity index (χ0n) is 21.5. The number of Topliss-reactive ketones (excluding diaryl/α,β-unsaturated/α-hetero) is 1. The van der Waals surface area contributed by atoms with Crippen molar-refractivity contribution in [1.82, 2.24) is 4.57 Å². The molecule has 0 radical (unpaired) electrons. The van der Waals surface area contributed by atoms with Gasteiger partial charge in [0.25, 0.3) is 0 Å². The molecule has 2 aromatic carbocycles. The minimum Gasteiger partial charge on any atom is -0.481 e. The first kappa shape index (κ1) is 26.0. The summed E-state index contributed by atoms with van der Waals surface area (Å²) in [5, 5.41) is 10.4. The van der Waals surface area contributed by atoms with Crippen LogP contribution in [0.5, 0.6) is 11.5 Å². The lowest BCUT2D eigenvalue weighted by Gasteiger charge is -2.23. The summed E-state index contributed by atoms with van der Waals surface area (Å²) < 4.78 is 62.9. The third-order valence-electron chi connectivity index (χ3n) is 7.87. The number of ketones is 1. The number of benzene rings is 2. The Kier molecular flexibility index (Phi) is 5.62. The normalized spacial score (nSPS) is 20.3. The number of cyclic esters (lactones) is 2. The van der Waals surface area contributed by atoms with Gasteiger partial charge in [0.1, 0.15) is 23.6 Å². The van der Waals surface area contributed by atoms with Crippen molar-refractivity contribution in [1.29, 1.82) is 0 Å². The molecule has 0 bridgehead atoms. The lowest BCUT2D eigenvalue weighted by Crippen LogP contribution is -2.33. The van der Waals surface area contributed by atoms with Crippen LogP contribution in [0.1, 0.15) is 43.5 Å². The van der Waals surface area contributed by atoms with Crippen molar-refractivity contribution < 1.29 is 51.6 Å². The van der Waals surface area contributed by atoms with Crippen molar-refractivity contribution in [2.24, 2.45) is 0 Å². The van der Waals surface area contributed by atoms with Gasteiger partial charge in [-0.15, -0.1) is 8.78 Å². The molecule has 0 amide bonds. The fourth-order valence-corrected chi connectivity index (χ4v) is 5.39. The van der Waals surface area contributed by atoms with Crippen molar-refractivity contribution in [3.63, 3.8) is 0 Å². The number of carboxylic acids is 1. The zero-order valence-corrected chi connectivity index (χ0v) is 21.5. The third-order valence-corrected chi connectivity index (χ3v) is 7.87. The number of nitrogens with zero attached hydrogens (tertiary/aromatic N) is 1. The molecule has 3 aromatic rings. The van der Waals surface area contributed by atoms with E-state index < -0.39 is 41.2 Å². The summed E-state index contributed by atoms with van der Waals surface area (Å²) in [6.07, 6.45) is -4.62. The number of halogens is 3. The van der Waals surface area contributed by atoms with Crippen molar-refractivity contribution >= 4 is 28.8 Å². The highest BCUT2D eigenvalue weighted by Gasteiger charge is 2.52. The van der Waals surface area contributed by atoms with Gasteiger partial charge in [-0.25, -0.2) is 9.18 Å². The molecule has 1 aromatic heterocycles. The Bertz CT molecular complexity index is 1590. The van der Waals surface area contributed by atoms with Crippen LogP contribution in [0.3, 0.4) is 0 Å². The van der Waals surface area contributed by atoms with Gasteiger partial charge in [-0.1, -0.05) is 6.07 Å². The molecule has 3 heterocycles. The van der Waals surface area contributed by atoms with Gasteiger partial charge in [0.05, 0.1) is 17.5 Å². The molecule has 2 fully saturated rings. The van der Waals surface area contributed by atoms with E-state index in [2.05, 4.69) is 9.47 Å². The molecule has 3 aliphatic rings. The van der Waals surface area contributed by atoms with Crippen molar-refractivity contribution in [3.8, 4) is 11.5 Å². The molecule has 1 N–H and O–H groups in total. The second kappa shape index (κ2) is 8.64. The highest BCUT2D eigenvalue weighted by molar-refractivity contribution is 5.96. The Morgan fingerprint density at radius 3 is 2.48 bits per heavy atom. The lowest BCUT2D eigenvalue weighted by molar-refractivity contribution is -0.286. The Labute approximate surface area is 225 Å². The third kappa shape index (κ3) is 4.22. The number of alkyl halides is 2. The van der Waals surface area contributed by atoms with E-state index in [1.54, 1.807) is 10.6 Å². The first-order chi connectivity index (χ1) is 18.8. The van der Waals surface area contributed by atoms with Crippen LogP contribution in [0.4, 0.5) is 18.0 Å². The van der Waals surface area contributed by atoms with Gasteiger partial charge in [0, 0.05) is 17.5 Å². The summed E-state index contributed by atoms with van der Waals surface area (Å²) in [7, 11) is 0. The van der Waals surface area contributed by atoms with Gasteiger partial charge in [-0.3, -0.25) is 9.59 Å². The summed E-state index contributed by atoms with van der Waals surface area (Å²) in [5.41, 5.74) is -0.988. The van der Waals surface area contributed by atoms with Gasteiger partial charge in [0.2, 0.25) is 0 Å². The van der Waals surface area contributed by atoms with E-state index in [1.165, 1.54) is 44.2 Å². The molecular weight excluding hydrogens is 535 g/mol. The number of fused-ring (bicyclic) bond motifs is 2. The molecule has 0 unspecified atom stereocenters. The molecule has 40 heavy (non-hydrogen) atoms. The SMILES string of the molecule is CC(C)(C(=O)O)c1cc2cc(CC(=O)C3(c4ccc5c(c4)OC(F)(F)O5)CC3)c(F)cc2n1C[C@@H]1COC(=O)O1. The number of carboxylic acid groups (broad SMARTS) is 1. The smallest absolute Gasteiger partial charge is 0.481 e. The maximum absolute atomic E-state index is 15.5. The first-order valence-electron chi connectivity index (χ1n) is 12.6. The van der Waals surface area contributed by atoms with Gasteiger partial charge >= 0.3 is 18.4 Å². The molecule has 2 aliphatic heterocycles. The van der Waals surface area contributed by atoms with Crippen LogP contribution in [0, 0.1) is 5.82 Å². The fraction of sp³-hybridized carbons (Fsp3) is 0.393. The number of hydrogen-bond acceptors (Lipinski definition) is 7. The number of hydrogen-bond donors (Lipinski definition) is 1. The second-order valence-corrected chi connectivity index (χ2v) is 10.9. The number of ether oxygens (including phenoxy) is 4. The Morgan fingerprint density at radius 2 is 1.82 bits per heavy atom. The maximum atomic E-state index is 15.5. The highest BCUT2D eigenvalue weighted by atomic mass is 19.3. The van der Waals surface area contributed by atoms with Crippen LogP contribution in [-0.4, -0.2) is 46.6 Å². The summed E-state index contributed by atoms with van der Waals surface area (Å²) in [6.45, 7) is 3.04. The monoisotopic (exact) mass is 559 g/mol. The second-order valence-electron chi connectivity index (χ2n) is 10.9. The average Bonchev–Trinajstić information content (AvgIpc) is 3.34. The number of aromatic nitrogens is 1. The molecule has 210 valence electrons. The molecule has 12 heteroatoms. The molecule has 1 atom stereocenters. The van der Waals surface area contributed by atoms with E-state index >= 15 is 4.39 Å². The topological polar surface area (TPSA) is 113 Å². The predicted molar refractivity (Wildman–Crippen MR) is 131 cm³/mol. The molecule has 1 saturated carbocycles. The lowest BCUT2D eigenvalue weighted by atomic mass is 9.87. The minimum absolute atomic E-state index is 0.0277. The summed E-state index contributed by atoms with van der Waals surface area (Å²) in [6, 6.07) is 8.59. The molecule has 0 spiro atoms. The molecule has 9 nitrogen and oxygen atoms in total. The fourth-order valence-electron chi connectivity index (χ4n) is 5.39. The maximum Gasteiger partial charge on any atom is 0.586 e. The zero-order chi connectivity index (χ0) is 28.6. The van der Waals surface area contributed by atoms with E-state index in [1.807, 2.05) is 0 Å². The summed E-state index contributed by atoms with van der Waals surface area (Å²) in [5.74, 6) is -2.35. The van der Waals surface area contributed by atoms with Crippen LogP contribution < -0.4 is 9.47 Å². The van der Waals surface area contributed by atoms with E-state index in [0.29, 0.717) is 35.0 Å². The predicted octanol–water partition coefficient (Wildman–Crippen LogP) is 4.84. The van der Waals surface area contributed by atoms with Crippen molar-refractivity contribution in [3.05, 3.63) is 59.0 Å². The highest BCUT2D eigenvalue weighted by Crippen LogP contribution is 2.52. The van der Waals surface area contributed by atoms with Gasteiger partial charge < -0.3 is 28.6 Å².